The predicted octanol–water partition coefficient (Wildman–Crippen LogP) is -0.0139. The summed E-state index contributed by atoms with van der Waals surface area (Å²) in [6.07, 6.45) is 0. The van der Waals surface area contributed by atoms with E-state index in [0.717, 1.165) is 13.1 Å². The molecule has 0 bridgehead atoms. The van der Waals surface area contributed by atoms with Crippen molar-refractivity contribution in [3.8, 4) is 0 Å². The summed E-state index contributed by atoms with van der Waals surface area (Å²) in [5.41, 5.74) is 5.19. The third-order valence-electron chi connectivity index (χ3n) is 0.576. The second-order valence-corrected chi connectivity index (χ2v) is 1.59. The molecule has 0 saturated heterocycles. The Morgan fingerprint density at radius 3 is 0.941 bits per heavy atom. The zero-order valence-corrected chi connectivity index (χ0v) is 10.6. The molecule has 0 atom stereocenters. The van der Waals surface area contributed by atoms with Gasteiger partial charge in [-0.25, -0.2) is 0 Å². The zero-order valence-electron chi connectivity index (χ0n) is 9.53. The van der Waals surface area contributed by atoms with Gasteiger partial charge in [-0.15, -0.1) is 0 Å². The van der Waals surface area contributed by atoms with Crippen molar-refractivity contribution < 1.29 is 17.1 Å². The fraction of sp³-hybridized carbons (Fsp3) is 0.444. The summed E-state index contributed by atoms with van der Waals surface area (Å²) in [5, 5.41) is 31.2. The molecule has 91 valence electrons. The van der Waals surface area contributed by atoms with Crippen LogP contribution in [0.4, 0.5) is 0 Å². The van der Waals surface area contributed by atoms with Gasteiger partial charge in [-0.1, -0.05) is 0 Å². The van der Waals surface area contributed by atoms with Crippen LogP contribution in [0.25, 0.3) is 0 Å². The maximum Gasteiger partial charge on any atom is 5.00 e. The Balaban J connectivity index is -0.0000000158. The first kappa shape index (κ1) is 46.1. The number of nitrogens with two attached hydrogens (primary N) is 1. The first-order valence-corrected chi connectivity index (χ1v) is 3.24. The Kier molecular flexibility index (Phi) is 750. The molecule has 0 spiro atoms. The van der Waals surface area contributed by atoms with E-state index in [1.807, 2.05) is 14.1 Å². The maximum atomic E-state index is 6.25. The summed E-state index contributed by atoms with van der Waals surface area (Å²) in [6.45, 7) is 25.5. The molecule has 1 radical (unpaired) electrons. The van der Waals surface area contributed by atoms with Crippen LogP contribution < -0.4 is 5.73 Å². The normalized spacial score (nSPS) is 4.12. The molecular formula is C9H12FeN7. The van der Waals surface area contributed by atoms with E-state index >= 15 is 0 Å². The van der Waals surface area contributed by atoms with Crippen molar-refractivity contribution in [2.75, 3.05) is 27.2 Å². The van der Waals surface area contributed by atoms with Gasteiger partial charge in [0, 0.05) is 13.1 Å². The second kappa shape index (κ2) is 276. The summed E-state index contributed by atoms with van der Waals surface area (Å²) in [5.74, 6) is 0. The van der Waals surface area contributed by atoms with Gasteiger partial charge in [-0.3, -0.25) is 0 Å². The molecule has 17 heavy (non-hydrogen) atoms. The third kappa shape index (κ3) is 2480. The smallest absolute Gasteiger partial charge is 0.512 e. The van der Waals surface area contributed by atoms with E-state index in [-0.39, 0.29) is 17.1 Å². The van der Waals surface area contributed by atoms with E-state index in [9.17, 15) is 0 Å². The standard InChI is InChI=1S/C4H12N2.5CN.Fe/c1-6(2)4-3-5;5*1-2;/h3-5H2,1-2H3;;;;;;/q;5*-1;+5. The molecule has 7 nitrogen and oxygen atoms in total. The Morgan fingerprint density at radius 2 is 0.941 bits per heavy atom. The monoisotopic (exact) mass is 274 g/mol. The average Bonchev–Trinajstić information content (AvgIpc) is 2.41. The summed E-state index contributed by atoms with van der Waals surface area (Å²) in [4.78, 5) is 2.06. The number of hydrogen-bond acceptors (Lipinski definition) is 7. The van der Waals surface area contributed by atoms with Crippen molar-refractivity contribution in [1.29, 1.82) is 26.3 Å². The molecule has 0 amide bonds. The quantitative estimate of drug-likeness (QED) is 0.549. The van der Waals surface area contributed by atoms with Gasteiger partial charge in [0.1, 0.15) is 0 Å². The van der Waals surface area contributed by atoms with Crippen molar-refractivity contribution >= 4 is 0 Å². The topological polar surface area (TPSA) is 148 Å². The van der Waals surface area contributed by atoms with E-state index in [2.05, 4.69) is 4.90 Å². The van der Waals surface area contributed by atoms with Gasteiger partial charge < -0.3 is 69.8 Å². The van der Waals surface area contributed by atoms with Crippen molar-refractivity contribution in [3.63, 3.8) is 0 Å². The predicted molar refractivity (Wildman–Crippen MR) is 52.4 cm³/mol. The second-order valence-electron chi connectivity index (χ2n) is 1.59. The van der Waals surface area contributed by atoms with Crippen molar-refractivity contribution in [2.24, 2.45) is 5.73 Å². The maximum absolute atomic E-state index is 6.25. The number of rotatable bonds is 2. The number of hydrogen-bond donors (Lipinski definition) is 1. The fourth-order valence-electron chi connectivity index (χ4n) is 0.258. The van der Waals surface area contributed by atoms with E-state index in [0.29, 0.717) is 0 Å². The third-order valence-corrected chi connectivity index (χ3v) is 0.576. The summed E-state index contributed by atoms with van der Waals surface area (Å²) >= 11 is 0. The van der Waals surface area contributed by atoms with Gasteiger partial charge in [-0.2, -0.15) is 0 Å². The first-order chi connectivity index (χ1) is 7.77. The number of likely N-dealkylation sites (N-methyl/N-ethyl adjacent to an activating group) is 1. The van der Waals surface area contributed by atoms with E-state index < -0.39 is 0 Å². The van der Waals surface area contributed by atoms with Gasteiger partial charge in [0.05, 0.1) is 0 Å². The minimum atomic E-state index is 0. The van der Waals surface area contributed by atoms with Crippen LogP contribution >= 0.6 is 0 Å². The van der Waals surface area contributed by atoms with Crippen LogP contribution in [0, 0.1) is 59.2 Å². The van der Waals surface area contributed by atoms with Crippen LogP contribution in [0.1, 0.15) is 0 Å². The number of nitrogens with zero attached hydrogens (tertiary/aromatic N) is 6. The molecule has 0 unspecified atom stereocenters. The van der Waals surface area contributed by atoms with Gasteiger partial charge in [-0.05, 0) is 14.1 Å². The molecule has 8 heteroatoms. The van der Waals surface area contributed by atoms with Crippen molar-refractivity contribution in [1.82, 2.24) is 4.90 Å². The minimum absolute atomic E-state index is 0. The van der Waals surface area contributed by atoms with Gasteiger partial charge in [0.25, 0.3) is 0 Å². The first-order valence-electron chi connectivity index (χ1n) is 3.24. The molecule has 0 saturated carbocycles. The molecular weight excluding hydrogens is 262 g/mol. The summed E-state index contributed by atoms with van der Waals surface area (Å²) < 4.78 is 0. The minimum Gasteiger partial charge on any atom is -0.512 e. The molecule has 2 N–H and O–H groups in total. The van der Waals surface area contributed by atoms with Gasteiger partial charge in [0.2, 0.25) is 0 Å². The molecule has 0 heterocycles. The Bertz CT molecular complexity index is 134. The van der Waals surface area contributed by atoms with Crippen LogP contribution in [0.5, 0.6) is 0 Å². The summed E-state index contributed by atoms with van der Waals surface area (Å²) in [7, 11) is 4.01. The van der Waals surface area contributed by atoms with E-state index in [1.165, 1.54) is 0 Å². The van der Waals surface area contributed by atoms with Crippen LogP contribution in [0.3, 0.4) is 0 Å². The molecule has 0 rings (SSSR count). The molecule has 0 aliphatic carbocycles. The Labute approximate surface area is 114 Å². The fourth-order valence-corrected chi connectivity index (χ4v) is 0.258. The van der Waals surface area contributed by atoms with Crippen LogP contribution in [0.15, 0.2) is 0 Å². The molecule has 0 aromatic carbocycles. The van der Waals surface area contributed by atoms with Crippen molar-refractivity contribution in [3.05, 3.63) is 32.9 Å². The van der Waals surface area contributed by atoms with Gasteiger partial charge >= 0.3 is 17.1 Å². The van der Waals surface area contributed by atoms with Crippen LogP contribution in [-0.2, 0) is 17.1 Å². The average molecular weight is 274 g/mol. The zero-order chi connectivity index (χ0) is 15.0. The largest absolute Gasteiger partial charge is 5.00 e. The van der Waals surface area contributed by atoms with Crippen LogP contribution in [0.2, 0.25) is 0 Å². The Hall–Kier alpha value is -2.11. The summed E-state index contributed by atoms with van der Waals surface area (Å²) in [6, 6.07) is 0. The molecule has 0 fully saturated rings. The van der Waals surface area contributed by atoms with E-state index in [4.69, 9.17) is 64.9 Å². The van der Waals surface area contributed by atoms with Crippen LogP contribution in [-0.4, -0.2) is 32.1 Å². The Morgan fingerprint density at radius 1 is 0.765 bits per heavy atom. The molecule has 0 aliphatic heterocycles. The van der Waals surface area contributed by atoms with Crippen molar-refractivity contribution in [2.45, 2.75) is 0 Å². The SMILES string of the molecule is CN(C)CCN.[C-]#N.[C-]#N.[C-]#N.[C-]#N.[C-]#N.[Fe+5]. The van der Waals surface area contributed by atoms with Gasteiger partial charge in [0.15, 0.2) is 0 Å². The van der Waals surface area contributed by atoms with E-state index in [1.54, 1.807) is 0 Å². The molecule has 0 aliphatic rings. The molecule has 0 aromatic heterocycles. The molecule has 0 aromatic rings.